The molecule has 0 aliphatic heterocycles. The van der Waals surface area contributed by atoms with E-state index in [0.717, 1.165) is 16.9 Å². The van der Waals surface area contributed by atoms with Gasteiger partial charge in [0.2, 0.25) is 6.04 Å². The van der Waals surface area contributed by atoms with Gasteiger partial charge in [0, 0.05) is 5.56 Å². The molecule has 106 valence electrons. The molecule has 4 nitrogen and oxygen atoms in total. The van der Waals surface area contributed by atoms with Crippen LogP contribution in [0.5, 0.6) is 5.75 Å². The second kappa shape index (κ2) is 6.67. The van der Waals surface area contributed by atoms with Crippen LogP contribution < -0.4 is 4.74 Å². The van der Waals surface area contributed by atoms with Crippen molar-refractivity contribution < 1.29 is 4.74 Å². The molecule has 0 aromatic heterocycles. The van der Waals surface area contributed by atoms with Crippen molar-refractivity contribution in [3.8, 4) is 11.8 Å². The molecule has 1 unspecified atom stereocenters. The molecule has 2 aromatic rings. The number of hydrogen-bond acceptors (Lipinski definition) is 4. The zero-order valence-electron chi connectivity index (χ0n) is 12.0. The Bertz CT molecular complexity index is 689. The monoisotopic (exact) mass is 280 g/mol. The largest absolute Gasteiger partial charge is 0.489 e. The lowest BCUT2D eigenvalue weighted by molar-refractivity contribution is 0.302. The van der Waals surface area contributed by atoms with E-state index in [0.29, 0.717) is 12.2 Å². The molecule has 1 atom stereocenters. The van der Waals surface area contributed by atoms with E-state index < -0.39 is 6.04 Å². The molecular formula is C17H16N2O2. The van der Waals surface area contributed by atoms with Crippen molar-refractivity contribution in [1.82, 2.24) is 0 Å². The minimum absolute atomic E-state index is 0.299. The van der Waals surface area contributed by atoms with Crippen molar-refractivity contribution >= 4 is 0 Å². The Labute approximate surface area is 124 Å². The summed E-state index contributed by atoms with van der Waals surface area (Å²) in [6, 6.07) is 14.1. The van der Waals surface area contributed by atoms with Gasteiger partial charge in [-0.3, -0.25) is 0 Å². The number of nitrogens with zero attached hydrogens (tertiary/aromatic N) is 2. The first kappa shape index (κ1) is 14.7. The fraction of sp³-hybridized carbons (Fsp3) is 0.235. The van der Waals surface area contributed by atoms with E-state index in [1.54, 1.807) is 12.1 Å². The average Bonchev–Trinajstić information content (AvgIpc) is 2.49. The van der Waals surface area contributed by atoms with E-state index in [2.05, 4.69) is 5.18 Å². The highest BCUT2D eigenvalue weighted by Crippen LogP contribution is 2.24. The Balaban J connectivity index is 2.21. The topological polar surface area (TPSA) is 62.4 Å². The molecule has 4 heteroatoms. The molecule has 0 saturated heterocycles. The number of nitroso groups, excluding NO2 is 1. The molecule has 0 spiro atoms. The normalized spacial score (nSPS) is 11.5. The Hall–Kier alpha value is -2.67. The molecule has 0 amide bonds. The van der Waals surface area contributed by atoms with E-state index >= 15 is 0 Å². The maximum atomic E-state index is 10.7. The van der Waals surface area contributed by atoms with Crippen LogP contribution >= 0.6 is 0 Å². The number of aryl methyl sites for hydroxylation is 2. The van der Waals surface area contributed by atoms with Gasteiger partial charge in [0.05, 0.1) is 6.07 Å². The van der Waals surface area contributed by atoms with E-state index in [-0.39, 0.29) is 0 Å². The molecule has 0 aliphatic carbocycles. The third-order valence-corrected chi connectivity index (χ3v) is 3.29. The van der Waals surface area contributed by atoms with Crippen molar-refractivity contribution in [2.75, 3.05) is 0 Å². The van der Waals surface area contributed by atoms with Crippen molar-refractivity contribution in [2.24, 2.45) is 5.18 Å². The predicted molar refractivity (Wildman–Crippen MR) is 80.8 cm³/mol. The third-order valence-electron chi connectivity index (χ3n) is 3.29. The average molecular weight is 280 g/mol. The minimum Gasteiger partial charge on any atom is -0.489 e. The summed E-state index contributed by atoms with van der Waals surface area (Å²) in [5.41, 5.74) is 3.62. The summed E-state index contributed by atoms with van der Waals surface area (Å²) < 4.78 is 5.80. The molecule has 0 radical (unpaired) electrons. The van der Waals surface area contributed by atoms with Crippen LogP contribution in [0.1, 0.15) is 28.3 Å². The van der Waals surface area contributed by atoms with E-state index in [1.165, 1.54) is 5.56 Å². The number of ether oxygens (including phenoxy) is 1. The van der Waals surface area contributed by atoms with Gasteiger partial charge in [0.25, 0.3) is 0 Å². The lowest BCUT2D eigenvalue weighted by atomic mass is 10.0. The molecule has 0 saturated carbocycles. The first-order valence-corrected chi connectivity index (χ1v) is 6.65. The van der Waals surface area contributed by atoms with E-state index in [1.807, 2.05) is 50.2 Å². The summed E-state index contributed by atoms with van der Waals surface area (Å²) >= 11 is 0. The third kappa shape index (κ3) is 3.46. The molecule has 2 aromatic carbocycles. The summed E-state index contributed by atoms with van der Waals surface area (Å²) in [7, 11) is 0. The summed E-state index contributed by atoms with van der Waals surface area (Å²) in [6.07, 6.45) is 0. The maximum Gasteiger partial charge on any atom is 0.203 e. The first-order chi connectivity index (χ1) is 10.2. The van der Waals surface area contributed by atoms with Crippen LogP contribution in [0.3, 0.4) is 0 Å². The molecule has 2 rings (SSSR count). The zero-order chi connectivity index (χ0) is 15.2. The maximum absolute atomic E-state index is 10.7. The molecule has 21 heavy (non-hydrogen) atoms. The van der Waals surface area contributed by atoms with Gasteiger partial charge in [-0.2, -0.15) is 5.26 Å². The summed E-state index contributed by atoms with van der Waals surface area (Å²) in [5.74, 6) is 0.794. The van der Waals surface area contributed by atoms with Crippen LogP contribution in [0.15, 0.2) is 47.6 Å². The molecule has 0 bridgehead atoms. The van der Waals surface area contributed by atoms with Crippen LogP contribution in [0, 0.1) is 30.1 Å². The first-order valence-electron chi connectivity index (χ1n) is 6.65. The quantitative estimate of drug-likeness (QED) is 0.770. The number of hydrogen-bond donors (Lipinski definition) is 0. The summed E-state index contributed by atoms with van der Waals surface area (Å²) in [6.45, 7) is 4.31. The Morgan fingerprint density at radius 2 is 2.00 bits per heavy atom. The Morgan fingerprint density at radius 1 is 1.24 bits per heavy atom. The summed E-state index contributed by atoms with van der Waals surface area (Å²) in [5, 5.41) is 11.8. The van der Waals surface area contributed by atoms with E-state index in [4.69, 9.17) is 10.00 Å². The van der Waals surface area contributed by atoms with Crippen LogP contribution in [-0.2, 0) is 6.61 Å². The molecule has 0 heterocycles. The second-order valence-corrected chi connectivity index (χ2v) is 4.89. The Morgan fingerprint density at radius 3 is 2.67 bits per heavy atom. The van der Waals surface area contributed by atoms with Crippen LogP contribution in [0.2, 0.25) is 0 Å². The zero-order valence-corrected chi connectivity index (χ0v) is 12.0. The Kier molecular flexibility index (Phi) is 4.68. The van der Waals surface area contributed by atoms with Crippen molar-refractivity contribution in [1.29, 1.82) is 5.26 Å². The van der Waals surface area contributed by atoms with Gasteiger partial charge in [0.15, 0.2) is 0 Å². The number of rotatable bonds is 5. The fourth-order valence-electron chi connectivity index (χ4n) is 2.20. The van der Waals surface area contributed by atoms with Crippen LogP contribution in [0.25, 0.3) is 0 Å². The van der Waals surface area contributed by atoms with Gasteiger partial charge in [0.1, 0.15) is 12.4 Å². The van der Waals surface area contributed by atoms with Gasteiger partial charge in [-0.05, 0) is 36.2 Å². The van der Waals surface area contributed by atoms with Gasteiger partial charge in [-0.1, -0.05) is 42.0 Å². The van der Waals surface area contributed by atoms with Gasteiger partial charge in [-0.15, -0.1) is 4.91 Å². The molecule has 0 fully saturated rings. The highest BCUT2D eigenvalue weighted by Gasteiger charge is 2.15. The number of nitriles is 1. The highest BCUT2D eigenvalue weighted by atomic mass is 16.5. The van der Waals surface area contributed by atoms with Crippen LogP contribution in [0.4, 0.5) is 0 Å². The smallest absolute Gasteiger partial charge is 0.203 e. The minimum atomic E-state index is -0.996. The van der Waals surface area contributed by atoms with Crippen molar-refractivity contribution in [3.05, 3.63) is 69.6 Å². The second-order valence-electron chi connectivity index (χ2n) is 4.89. The van der Waals surface area contributed by atoms with E-state index in [9.17, 15) is 4.91 Å². The molecule has 0 N–H and O–H groups in total. The molecule has 0 aliphatic rings. The fourth-order valence-corrected chi connectivity index (χ4v) is 2.20. The predicted octanol–water partition coefficient (Wildman–Crippen LogP) is 4.21. The SMILES string of the molecule is Cc1ccc(OCc2ccccc2C(C#N)N=O)c(C)c1. The lowest BCUT2D eigenvalue weighted by Crippen LogP contribution is -2.03. The van der Waals surface area contributed by atoms with Crippen molar-refractivity contribution in [3.63, 3.8) is 0 Å². The van der Waals surface area contributed by atoms with Gasteiger partial charge in [-0.25, -0.2) is 0 Å². The molecular weight excluding hydrogens is 264 g/mol. The van der Waals surface area contributed by atoms with Crippen LogP contribution in [-0.4, -0.2) is 0 Å². The van der Waals surface area contributed by atoms with Gasteiger partial charge >= 0.3 is 0 Å². The van der Waals surface area contributed by atoms with Crippen molar-refractivity contribution in [2.45, 2.75) is 26.5 Å². The lowest BCUT2D eigenvalue weighted by Gasteiger charge is -2.13. The van der Waals surface area contributed by atoms with Gasteiger partial charge < -0.3 is 4.74 Å². The highest BCUT2D eigenvalue weighted by molar-refractivity contribution is 5.37. The standard InChI is InChI=1S/C17H16N2O2/c1-12-7-8-17(13(2)9-12)21-11-14-5-3-4-6-15(14)16(10-18)19-20/h3-9,16H,11H2,1-2H3. The number of benzene rings is 2. The summed E-state index contributed by atoms with van der Waals surface area (Å²) in [4.78, 5) is 10.7.